The van der Waals surface area contributed by atoms with Crippen molar-refractivity contribution in [3.8, 4) is 0 Å². The van der Waals surface area contributed by atoms with Crippen molar-refractivity contribution in [3.63, 3.8) is 0 Å². The molecule has 0 spiro atoms. The van der Waals surface area contributed by atoms with Gasteiger partial charge in [-0.1, -0.05) is 12.1 Å². The summed E-state index contributed by atoms with van der Waals surface area (Å²) in [5.74, 6) is -3.41. The largest absolute Gasteiger partial charge is 0.473 e. The van der Waals surface area contributed by atoms with Crippen LogP contribution in [0, 0.1) is 11.3 Å². The quantitative estimate of drug-likeness (QED) is 0.146. The molecule has 0 radical (unpaired) electrons. The van der Waals surface area contributed by atoms with Gasteiger partial charge in [-0.15, -0.1) is 0 Å². The van der Waals surface area contributed by atoms with Crippen LogP contribution >= 0.6 is 0 Å². The van der Waals surface area contributed by atoms with Crippen LogP contribution in [0.4, 0.5) is 0 Å². The Kier molecular flexibility index (Phi) is 12.1. The van der Waals surface area contributed by atoms with Gasteiger partial charge in [0.05, 0.1) is 31.5 Å². The first-order chi connectivity index (χ1) is 15.1. The lowest BCUT2D eigenvalue weighted by molar-refractivity contribution is -0.159. The van der Waals surface area contributed by atoms with Crippen LogP contribution in [0.15, 0.2) is 5.16 Å². The average molecular weight is 462 g/mol. The fourth-order valence-electron chi connectivity index (χ4n) is 4.26. The number of nitrogens with two attached hydrogens (primary N) is 1. The molecule has 0 amide bonds. The molecular weight excluding hydrogens is 422 g/mol. The van der Waals surface area contributed by atoms with Crippen LogP contribution in [-0.2, 0) is 23.9 Å². The van der Waals surface area contributed by atoms with Gasteiger partial charge in [0.15, 0.2) is 0 Å². The molecule has 2 saturated carbocycles. The monoisotopic (exact) mass is 461 g/mol. The molecule has 0 heterocycles. The zero-order valence-electron chi connectivity index (χ0n) is 19.4. The zero-order chi connectivity index (χ0) is 24.2. The fourth-order valence-corrected chi connectivity index (χ4v) is 4.26. The van der Waals surface area contributed by atoms with Crippen LogP contribution in [-0.4, -0.2) is 104 Å². The van der Waals surface area contributed by atoms with Gasteiger partial charge in [0.2, 0.25) is 0 Å². The van der Waals surface area contributed by atoms with E-state index in [4.69, 9.17) is 39.8 Å². The Bertz CT molecular complexity index is 606. The van der Waals surface area contributed by atoms with Crippen LogP contribution in [0.25, 0.3) is 0 Å². The van der Waals surface area contributed by atoms with E-state index in [-0.39, 0.29) is 17.4 Å². The third-order valence-corrected chi connectivity index (χ3v) is 6.27. The summed E-state index contributed by atoms with van der Waals surface area (Å²) < 4.78 is 11.6. The molecular formula is C21H39N3O8. The average Bonchev–Trinajstić information content (AvgIpc) is 2.98. The summed E-state index contributed by atoms with van der Waals surface area (Å²) in [6.07, 6.45) is 6.28. The van der Waals surface area contributed by atoms with Crippen molar-refractivity contribution in [1.82, 2.24) is 4.90 Å². The van der Waals surface area contributed by atoms with Crippen LogP contribution < -0.4 is 5.73 Å². The Morgan fingerprint density at radius 1 is 1.12 bits per heavy atom. The predicted octanol–water partition coefficient (Wildman–Crippen LogP) is 0.398. The molecule has 2 aliphatic rings. The smallest absolute Gasteiger partial charge is 0.414 e. The Balaban J connectivity index is 0.000000751. The summed E-state index contributed by atoms with van der Waals surface area (Å²) in [5, 5.41) is 30.1. The highest BCUT2D eigenvalue weighted by atomic mass is 16.6. The Labute approximate surface area is 189 Å². The molecule has 4 atom stereocenters. The van der Waals surface area contributed by atoms with Gasteiger partial charge in [0, 0.05) is 37.1 Å². The highest BCUT2D eigenvalue weighted by Crippen LogP contribution is 2.57. The highest BCUT2D eigenvalue weighted by molar-refractivity contribution is 6.27. The molecule has 0 saturated heterocycles. The second-order valence-electron chi connectivity index (χ2n) is 8.73. The van der Waals surface area contributed by atoms with E-state index in [2.05, 4.69) is 17.0 Å². The maximum Gasteiger partial charge on any atom is 0.414 e. The van der Waals surface area contributed by atoms with Crippen molar-refractivity contribution in [2.45, 2.75) is 50.7 Å². The van der Waals surface area contributed by atoms with Crippen LogP contribution in [0.5, 0.6) is 0 Å². The van der Waals surface area contributed by atoms with Gasteiger partial charge in [-0.2, -0.15) is 0 Å². The molecule has 2 fully saturated rings. The Hall–Kier alpha value is -1.79. The highest BCUT2D eigenvalue weighted by Gasteiger charge is 2.58. The standard InChI is InChI=1S/C19H37N3O4.C2H2O4/c1-18-6-5-17(25-13-12-24-11-9-22(2)3)14-19(18,23)7-4-16(18)15-21-26-10-8-20;3-1(4)2(5)6/h15-17,23H,4-14,20H2,1-3H3;(H,3,4)(H,5,6)/b21-15+;/t16-,17+,18-,19+;/m1./s1. The van der Waals surface area contributed by atoms with E-state index in [1.54, 1.807) is 0 Å². The van der Waals surface area contributed by atoms with E-state index in [0.29, 0.717) is 32.8 Å². The molecule has 2 aliphatic carbocycles. The van der Waals surface area contributed by atoms with Crippen LogP contribution in [0.2, 0.25) is 0 Å². The number of carboxylic acids is 2. The number of oxime groups is 1. The third kappa shape index (κ3) is 8.62. The van der Waals surface area contributed by atoms with Crippen LogP contribution in [0.3, 0.4) is 0 Å². The van der Waals surface area contributed by atoms with Gasteiger partial charge in [-0.05, 0) is 39.8 Å². The molecule has 0 unspecified atom stereocenters. The van der Waals surface area contributed by atoms with Gasteiger partial charge in [-0.3, -0.25) is 0 Å². The normalized spacial score (nSPS) is 29.4. The number of fused-ring (bicyclic) bond motifs is 1. The van der Waals surface area contributed by atoms with Crippen molar-refractivity contribution in [2.75, 3.05) is 53.6 Å². The summed E-state index contributed by atoms with van der Waals surface area (Å²) in [6, 6.07) is 0. The second kappa shape index (κ2) is 13.7. The summed E-state index contributed by atoms with van der Waals surface area (Å²) in [5.41, 5.74) is 4.56. The number of rotatable bonds is 11. The minimum absolute atomic E-state index is 0.106. The second-order valence-corrected chi connectivity index (χ2v) is 8.73. The number of aliphatic carboxylic acids is 2. The molecule has 5 N–H and O–H groups in total. The predicted molar refractivity (Wildman–Crippen MR) is 118 cm³/mol. The number of ether oxygens (including phenoxy) is 2. The van der Waals surface area contributed by atoms with E-state index in [0.717, 1.165) is 38.8 Å². The first-order valence-electron chi connectivity index (χ1n) is 10.9. The van der Waals surface area contributed by atoms with Gasteiger partial charge in [0.25, 0.3) is 0 Å². The Morgan fingerprint density at radius 2 is 1.81 bits per heavy atom. The summed E-state index contributed by atoms with van der Waals surface area (Å²) in [4.78, 5) is 25.4. The molecule has 0 aromatic rings. The zero-order valence-corrected chi connectivity index (χ0v) is 19.4. The minimum atomic E-state index is -1.82. The topological polar surface area (TPSA) is 164 Å². The number of carboxylic acid groups (broad SMARTS) is 2. The summed E-state index contributed by atoms with van der Waals surface area (Å²) >= 11 is 0. The van der Waals surface area contributed by atoms with Crippen molar-refractivity contribution in [2.24, 2.45) is 22.2 Å². The SMILES string of the molecule is CN(C)CCOCCO[C@H]1CC[C@]2(C)[C@@H](/C=N/OCCN)CC[C@]2(O)C1.O=C(O)C(=O)O. The van der Waals surface area contributed by atoms with Gasteiger partial charge in [0.1, 0.15) is 6.61 Å². The lowest BCUT2D eigenvalue weighted by Gasteiger charge is -2.48. The van der Waals surface area contributed by atoms with E-state index < -0.39 is 17.5 Å². The lowest BCUT2D eigenvalue weighted by atomic mass is 9.62. The van der Waals surface area contributed by atoms with E-state index in [9.17, 15) is 5.11 Å². The molecule has 11 heteroatoms. The van der Waals surface area contributed by atoms with Crippen molar-refractivity contribution >= 4 is 18.2 Å². The van der Waals surface area contributed by atoms with Crippen molar-refractivity contribution in [1.29, 1.82) is 0 Å². The van der Waals surface area contributed by atoms with E-state index in [1.807, 2.05) is 20.3 Å². The number of aliphatic hydroxyl groups is 1. The molecule has 0 aromatic heterocycles. The van der Waals surface area contributed by atoms with Gasteiger partial charge < -0.3 is 40.3 Å². The molecule has 32 heavy (non-hydrogen) atoms. The molecule has 186 valence electrons. The van der Waals surface area contributed by atoms with Crippen LogP contribution in [0.1, 0.15) is 39.0 Å². The summed E-state index contributed by atoms with van der Waals surface area (Å²) in [7, 11) is 4.06. The molecule has 0 aliphatic heterocycles. The third-order valence-electron chi connectivity index (χ3n) is 6.27. The van der Waals surface area contributed by atoms with E-state index >= 15 is 0 Å². The number of likely N-dealkylation sites (N-methyl/N-ethyl adjacent to an activating group) is 1. The van der Waals surface area contributed by atoms with E-state index in [1.165, 1.54) is 0 Å². The van der Waals surface area contributed by atoms with Gasteiger partial charge in [-0.25, -0.2) is 9.59 Å². The summed E-state index contributed by atoms with van der Waals surface area (Å²) in [6.45, 7) is 5.89. The molecule has 0 bridgehead atoms. The first kappa shape index (κ1) is 28.2. The van der Waals surface area contributed by atoms with Gasteiger partial charge >= 0.3 is 11.9 Å². The van der Waals surface area contributed by atoms with Crippen molar-refractivity contribution < 1.29 is 39.2 Å². The Morgan fingerprint density at radius 3 is 2.41 bits per heavy atom. The number of hydrogen-bond acceptors (Lipinski definition) is 9. The maximum absolute atomic E-state index is 11.3. The minimum Gasteiger partial charge on any atom is -0.473 e. The fraction of sp³-hybridized carbons (Fsp3) is 0.857. The lowest BCUT2D eigenvalue weighted by Crippen LogP contribution is -2.51. The maximum atomic E-state index is 11.3. The number of carbonyl (C=O) groups is 2. The molecule has 2 rings (SSSR count). The number of hydrogen-bond donors (Lipinski definition) is 4. The number of nitrogens with zero attached hydrogens (tertiary/aromatic N) is 2. The molecule has 11 nitrogen and oxygen atoms in total. The van der Waals surface area contributed by atoms with Crippen molar-refractivity contribution in [3.05, 3.63) is 0 Å². The molecule has 0 aromatic carbocycles. The first-order valence-corrected chi connectivity index (χ1v) is 10.9.